The van der Waals surface area contributed by atoms with Gasteiger partial charge in [0, 0.05) is 5.92 Å². The summed E-state index contributed by atoms with van der Waals surface area (Å²) in [5.74, 6) is 0.278. The minimum absolute atomic E-state index is 0.278. The Labute approximate surface area is 266 Å². The van der Waals surface area contributed by atoms with Crippen LogP contribution < -0.4 is 0 Å². The van der Waals surface area contributed by atoms with Crippen LogP contribution in [-0.4, -0.2) is 0 Å². The lowest BCUT2D eigenvalue weighted by atomic mass is 9.84. The molecule has 1 atom stereocenters. The zero-order valence-electron chi connectivity index (χ0n) is 25.9. The van der Waals surface area contributed by atoms with Crippen LogP contribution in [-0.2, 0) is 6.42 Å². The number of nitrogens with zero attached hydrogens (tertiary/aromatic N) is 2. The van der Waals surface area contributed by atoms with Gasteiger partial charge in [0.15, 0.2) is 0 Å². The Morgan fingerprint density at radius 2 is 0.800 bits per heavy atom. The van der Waals surface area contributed by atoms with Gasteiger partial charge < -0.3 is 0 Å². The van der Waals surface area contributed by atoms with Crippen molar-refractivity contribution >= 4 is 0 Å². The molecule has 0 aliphatic heterocycles. The predicted octanol–water partition coefficient (Wildman–Crippen LogP) is 11.1. The SMILES string of the molecule is CCc1cc(-c2ccc(-c3ccc(C#N)cc3)cc2)ccc1C(C)c1ccc(-c2ccc(-c3ccc(C#N)cc3)cc2)cc1C. The largest absolute Gasteiger partial charge is 0.192 e. The molecule has 0 radical (unpaired) electrons. The zero-order chi connectivity index (χ0) is 31.3. The molecule has 0 spiro atoms. The van der Waals surface area contributed by atoms with Crippen LogP contribution in [0.4, 0.5) is 0 Å². The van der Waals surface area contributed by atoms with Gasteiger partial charge in [-0.3, -0.25) is 0 Å². The minimum atomic E-state index is 0.278. The standard InChI is InChI=1S/C43H34N2/c1-4-33-26-41(39-19-15-37(16-20-39)35-11-7-32(28-45)8-12-35)22-24-43(33)30(3)42-23-21-40(25-29(42)2)38-17-13-36(14-18-38)34-9-5-31(27-44)6-10-34/h5-26,30H,4H2,1-3H3. The van der Waals surface area contributed by atoms with E-state index in [0.29, 0.717) is 11.1 Å². The van der Waals surface area contributed by atoms with Gasteiger partial charge in [-0.05, 0) is 104 Å². The topological polar surface area (TPSA) is 47.6 Å². The smallest absolute Gasteiger partial charge is 0.0991 e. The monoisotopic (exact) mass is 578 g/mol. The van der Waals surface area contributed by atoms with Crippen LogP contribution in [0.25, 0.3) is 44.5 Å². The van der Waals surface area contributed by atoms with Crippen molar-refractivity contribution in [2.75, 3.05) is 0 Å². The third-order valence-electron chi connectivity index (χ3n) is 8.86. The fraction of sp³-hybridized carbons (Fsp3) is 0.116. The molecule has 6 aromatic carbocycles. The molecule has 2 nitrogen and oxygen atoms in total. The fourth-order valence-electron chi connectivity index (χ4n) is 6.21. The van der Waals surface area contributed by atoms with Crippen molar-refractivity contribution in [1.82, 2.24) is 0 Å². The van der Waals surface area contributed by atoms with Gasteiger partial charge >= 0.3 is 0 Å². The number of aryl methyl sites for hydroxylation is 2. The molecule has 216 valence electrons. The summed E-state index contributed by atoms with van der Waals surface area (Å²) >= 11 is 0. The van der Waals surface area contributed by atoms with Crippen molar-refractivity contribution < 1.29 is 0 Å². The van der Waals surface area contributed by atoms with Crippen molar-refractivity contribution in [3.05, 3.63) is 167 Å². The van der Waals surface area contributed by atoms with E-state index in [4.69, 9.17) is 10.5 Å². The van der Waals surface area contributed by atoms with Gasteiger partial charge in [0.25, 0.3) is 0 Å². The first kappa shape index (κ1) is 29.4. The van der Waals surface area contributed by atoms with E-state index in [1.165, 1.54) is 44.5 Å². The highest BCUT2D eigenvalue weighted by Crippen LogP contribution is 2.35. The third kappa shape index (κ3) is 6.19. The first-order chi connectivity index (χ1) is 22.0. The van der Waals surface area contributed by atoms with Crippen LogP contribution in [0, 0.1) is 29.6 Å². The quantitative estimate of drug-likeness (QED) is 0.189. The summed E-state index contributed by atoms with van der Waals surface area (Å²) in [6.45, 7) is 6.77. The molecule has 0 aliphatic rings. The molecule has 0 saturated heterocycles. The van der Waals surface area contributed by atoms with Crippen molar-refractivity contribution in [1.29, 1.82) is 10.5 Å². The van der Waals surface area contributed by atoms with E-state index in [0.717, 1.165) is 28.7 Å². The van der Waals surface area contributed by atoms with Gasteiger partial charge in [-0.2, -0.15) is 10.5 Å². The normalized spacial score (nSPS) is 11.4. The van der Waals surface area contributed by atoms with E-state index < -0.39 is 0 Å². The molecule has 0 N–H and O–H groups in total. The Morgan fingerprint density at radius 3 is 1.18 bits per heavy atom. The fourth-order valence-corrected chi connectivity index (χ4v) is 6.21. The van der Waals surface area contributed by atoms with Crippen LogP contribution >= 0.6 is 0 Å². The molecular formula is C43H34N2. The van der Waals surface area contributed by atoms with Crippen molar-refractivity contribution in [3.63, 3.8) is 0 Å². The Morgan fingerprint density at radius 1 is 0.467 bits per heavy atom. The second kappa shape index (κ2) is 12.9. The van der Waals surface area contributed by atoms with E-state index in [9.17, 15) is 0 Å². The molecule has 0 amide bonds. The summed E-state index contributed by atoms with van der Waals surface area (Å²) in [6, 6.07) is 50.9. The molecule has 0 bridgehead atoms. The molecule has 0 fully saturated rings. The number of nitriles is 2. The van der Waals surface area contributed by atoms with Gasteiger partial charge in [0.1, 0.15) is 0 Å². The summed E-state index contributed by atoms with van der Waals surface area (Å²) in [4.78, 5) is 0. The molecule has 6 rings (SSSR count). The molecule has 0 aromatic heterocycles. The summed E-state index contributed by atoms with van der Waals surface area (Å²) in [5, 5.41) is 18.2. The lowest BCUT2D eigenvalue weighted by Crippen LogP contribution is -2.03. The van der Waals surface area contributed by atoms with E-state index >= 15 is 0 Å². The molecule has 6 aromatic rings. The van der Waals surface area contributed by atoms with Crippen LogP contribution in [0.3, 0.4) is 0 Å². The minimum Gasteiger partial charge on any atom is -0.192 e. The highest BCUT2D eigenvalue weighted by molar-refractivity contribution is 5.73. The first-order valence-electron chi connectivity index (χ1n) is 15.4. The summed E-state index contributed by atoms with van der Waals surface area (Å²) in [6.07, 6.45) is 0.972. The lowest BCUT2D eigenvalue weighted by molar-refractivity contribution is 0.884. The Hall–Kier alpha value is -5.70. The number of hydrogen-bond donors (Lipinski definition) is 0. The predicted molar refractivity (Wildman–Crippen MR) is 186 cm³/mol. The second-order valence-electron chi connectivity index (χ2n) is 11.6. The highest BCUT2D eigenvalue weighted by atomic mass is 14.2. The second-order valence-corrected chi connectivity index (χ2v) is 11.6. The van der Waals surface area contributed by atoms with Crippen molar-refractivity contribution in [3.8, 4) is 56.6 Å². The van der Waals surface area contributed by atoms with Crippen molar-refractivity contribution in [2.45, 2.75) is 33.1 Å². The van der Waals surface area contributed by atoms with Gasteiger partial charge in [0.05, 0.1) is 23.3 Å². The van der Waals surface area contributed by atoms with E-state index in [1.54, 1.807) is 0 Å². The molecule has 0 heterocycles. The Bertz CT molecular complexity index is 2040. The summed E-state index contributed by atoms with van der Waals surface area (Å²) < 4.78 is 0. The Balaban J connectivity index is 1.20. The molecular weight excluding hydrogens is 544 g/mol. The van der Waals surface area contributed by atoms with Crippen LogP contribution in [0.2, 0.25) is 0 Å². The van der Waals surface area contributed by atoms with Crippen LogP contribution in [0.1, 0.15) is 53.1 Å². The first-order valence-corrected chi connectivity index (χ1v) is 15.4. The average molecular weight is 579 g/mol. The molecule has 1 unspecified atom stereocenters. The van der Waals surface area contributed by atoms with E-state index in [-0.39, 0.29) is 5.92 Å². The van der Waals surface area contributed by atoms with Gasteiger partial charge in [-0.15, -0.1) is 0 Å². The molecule has 2 heteroatoms. The van der Waals surface area contributed by atoms with Crippen LogP contribution in [0.15, 0.2) is 133 Å². The van der Waals surface area contributed by atoms with Gasteiger partial charge in [-0.1, -0.05) is 123 Å². The maximum Gasteiger partial charge on any atom is 0.0991 e. The van der Waals surface area contributed by atoms with Crippen LogP contribution in [0.5, 0.6) is 0 Å². The Kier molecular flexibility index (Phi) is 8.41. The molecule has 0 saturated carbocycles. The summed E-state index contributed by atoms with van der Waals surface area (Å²) in [7, 11) is 0. The maximum absolute atomic E-state index is 9.08. The highest BCUT2D eigenvalue weighted by Gasteiger charge is 2.16. The summed E-state index contributed by atoms with van der Waals surface area (Å²) in [5.41, 5.74) is 16.1. The van der Waals surface area contributed by atoms with E-state index in [1.807, 2.05) is 48.5 Å². The number of benzene rings is 6. The van der Waals surface area contributed by atoms with Gasteiger partial charge in [0.2, 0.25) is 0 Å². The number of hydrogen-bond acceptors (Lipinski definition) is 2. The maximum atomic E-state index is 9.08. The van der Waals surface area contributed by atoms with Gasteiger partial charge in [-0.25, -0.2) is 0 Å². The average Bonchev–Trinajstić information content (AvgIpc) is 3.11. The van der Waals surface area contributed by atoms with E-state index in [2.05, 4.69) is 118 Å². The molecule has 45 heavy (non-hydrogen) atoms. The zero-order valence-corrected chi connectivity index (χ0v) is 25.9. The lowest BCUT2D eigenvalue weighted by Gasteiger charge is -2.20. The van der Waals surface area contributed by atoms with Crippen molar-refractivity contribution in [2.24, 2.45) is 0 Å². The molecule has 0 aliphatic carbocycles. The number of rotatable bonds is 7. The third-order valence-corrected chi connectivity index (χ3v) is 8.86.